The van der Waals surface area contributed by atoms with Gasteiger partial charge in [-0.25, -0.2) is 8.42 Å². The number of ketones is 1. The summed E-state index contributed by atoms with van der Waals surface area (Å²) in [6, 6.07) is 14.2. The van der Waals surface area contributed by atoms with Gasteiger partial charge in [-0.1, -0.05) is 62.7 Å². The molecule has 0 amide bonds. The fourth-order valence-corrected chi connectivity index (χ4v) is 6.52. The highest BCUT2D eigenvalue weighted by Gasteiger charge is 2.29. The van der Waals surface area contributed by atoms with Crippen molar-refractivity contribution in [3.8, 4) is 0 Å². The van der Waals surface area contributed by atoms with Gasteiger partial charge in [0.2, 0.25) is 10.0 Å². The summed E-state index contributed by atoms with van der Waals surface area (Å²) >= 11 is 6.47. The van der Waals surface area contributed by atoms with Crippen LogP contribution in [0.5, 0.6) is 0 Å². The normalized spacial score (nSPS) is 18.2. The van der Waals surface area contributed by atoms with E-state index in [1.807, 2.05) is 24.3 Å². The number of hydrogen-bond donors (Lipinski definition) is 1. The lowest BCUT2D eigenvalue weighted by atomic mass is 10.0. The van der Waals surface area contributed by atoms with E-state index in [4.69, 9.17) is 11.6 Å². The van der Waals surface area contributed by atoms with Gasteiger partial charge in [-0.3, -0.25) is 9.69 Å². The molecule has 1 saturated heterocycles. The third kappa shape index (κ3) is 6.46. The van der Waals surface area contributed by atoms with E-state index < -0.39 is 10.0 Å². The lowest BCUT2D eigenvalue weighted by molar-refractivity contribution is 0.0986. The van der Waals surface area contributed by atoms with E-state index in [0.717, 1.165) is 31.5 Å². The van der Waals surface area contributed by atoms with Crippen LogP contribution in [0.2, 0.25) is 5.02 Å². The summed E-state index contributed by atoms with van der Waals surface area (Å²) in [5.41, 5.74) is 1.42. The van der Waals surface area contributed by atoms with Crippen LogP contribution in [-0.4, -0.2) is 62.7 Å². The number of sulfonamides is 1. The molecule has 0 aromatic heterocycles. The number of carbonyl (C=O) groups is 1. The zero-order chi connectivity index (χ0) is 24.7. The molecule has 0 spiro atoms. The van der Waals surface area contributed by atoms with Crippen molar-refractivity contribution < 1.29 is 13.2 Å². The molecule has 1 aliphatic heterocycles. The molecule has 1 aliphatic rings. The van der Waals surface area contributed by atoms with Crippen molar-refractivity contribution in [2.75, 3.05) is 39.3 Å². The molecule has 0 bridgehead atoms. The van der Waals surface area contributed by atoms with Crippen LogP contribution in [0.1, 0.15) is 55.6 Å². The third-order valence-corrected chi connectivity index (χ3v) is 8.76. The number of benzene rings is 2. The highest BCUT2D eigenvalue weighted by atomic mass is 35.5. The van der Waals surface area contributed by atoms with Crippen molar-refractivity contribution in [3.63, 3.8) is 0 Å². The molecule has 0 saturated carbocycles. The van der Waals surface area contributed by atoms with Crippen LogP contribution >= 0.6 is 11.6 Å². The van der Waals surface area contributed by atoms with Crippen LogP contribution in [0.4, 0.5) is 0 Å². The second kappa shape index (κ2) is 12.3. The van der Waals surface area contributed by atoms with Gasteiger partial charge in [-0.05, 0) is 55.6 Å². The second-order valence-corrected chi connectivity index (χ2v) is 11.3. The van der Waals surface area contributed by atoms with Crippen LogP contribution in [-0.2, 0) is 10.0 Å². The van der Waals surface area contributed by atoms with Crippen molar-refractivity contribution in [1.29, 1.82) is 0 Å². The molecule has 6 nitrogen and oxygen atoms in total. The minimum absolute atomic E-state index is 0.0318. The van der Waals surface area contributed by atoms with Gasteiger partial charge in [0, 0.05) is 36.3 Å². The molecular formula is C26H36ClN3O3S. The molecule has 1 fully saturated rings. The van der Waals surface area contributed by atoms with Gasteiger partial charge in [-0.2, -0.15) is 4.31 Å². The van der Waals surface area contributed by atoms with Crippen LogP contribution in [0.3, 0.4) is 0 Å². The van der Waals surface area contributed by atoms with E-state index in [1.54, 1.807) is 22.5 Å². The number of piperidine rings is 1. The molecule has 0 aliphatic carbocycles. The molecule has 1 N–H and O–H groups in total. The maximum absolute atomic E-state index is 13.1. The van der Waals surface area contributed by atoms with Crippen molar-refractivity contribution in [1.82, 2.24) is 14.5 Å². The van der Waals surface area contributed by atoms with E-state index in [2.05, 4.69) is 31.0 Å². The number of halogens is 1. The van der Waals surface area contributed by atoms with Crippen molar-refractivity contribution in [2.45, 2.75) is 44.6 Å². The van der Waals surface area contributed by atoms with Crippen molar-refractivity contribution in [3.05, 3.63) is 64.7 Å². The number of nitrogens with one attached hydrogen (secondary N) is 1. The van der Waals surface area contributed by atoms with E-state index in [0.29, 0.717) is 36.1 Å². The standard InChI is InChI=1S/C26H36ClN3O3S/c1-4-29(5-2)25(23-13-6-7-14-24(23)27)17-28-18-26(31)21-11-8-12-22(16-21)34(32,33)30-15-9-10-20(3)19-30/h6-8,11-14,16,20,25,28H,4-5,9-10,15,17-19H2,1-3H3. The van der Waals surface area contributed by atoms with Crippen molar-refractivity contribution >= 4 is 27.4 Å². The summed E-state index contributed by atoms with van der Waals surface area (Å²) in [6.07, 6.45) is 1.90. The summed E-state index contributed by atoms with van der Waals surface area (Å²) in [4.78, 5) is 15.4. The minimum atomic E-state index is -3.60. The minimum Gasteiger partial charge on any atom is -0.308 e. The fraction of sp³-hybridized carbons (Fsp3) is 0.500. The maximum Gasteiger partial charge on any atom is 0.243 e. The summed E-state index contributed by atoms with van der Waals surface area (Å²) < 4.78 is 27.8. The quantitative estimate of drug-likeness (QED) is 0.451. The summed E-state index contributed by atoms with van der Waals surface area (Å²) in [5, 5.41) is 3.98. The predicted octanol–water partition coefficient (Wildman–Crippen LogP) is 4.62. The van der Waals surface area contributed by atoms with Gasteiger partial charge in [0.25, 0.3) is 0 Å². The van der Waals surface area contributed by atoms with E-state index in [9.17, 15) is 13.2 Å². The predicted molar refractivity (Wildman–Crippen MR) is 138 cm³/mol. The Morgan fingerprint density at radius 2 is 1.91 bits per heavy atom. The molecule has 2 aromatic carbocycles. The molecule has 3 rings (SSSR count). The SMILES string of the molecule is CCN(CC)C(CNCC(=O)c1cccc(S(=O)(=O)N2CCCC(C)C2)c1)c1ccccc1Cl. The van der Waals surface area contributed by atoms with Gasteiger partial charge in [-0.15, -0.1) is 0 Å². The first-order valence-electron chi connectivity index (χ1n) is 12.1. The topological polar surface area (TPSA) is 69.7 Å². The molecular weight excluding hydrogens is 470 g/mol. The molecule has 186 valence electrons. The lowest BCUT2D eigenvalue weighted by Crippen LogP contribution is -2.39. The smallest absolute Gasteiger partial charge is 0.243 e. The lowest BCUT2D eigenvalue weighted by Gasteiger charge is -2.31. The molecule has 2 atom stereocenters. The first-order chi connectivity index (χ1) is 16.3. The van der Waals surface area contributed by atoms with Crippen LogP contribution in [0.15, 0.2) is 53.4 Å². The fourth-order valence-electron chi connectivity index (χ4n) is 4.61. The summed E-state index contributed by atoms with van der Waals surface area (Å²) in [7, 11) is -3.60. The van der Waals surface area contributed by atoms with Gasteiger partial charge in [0.05, 0.1) is 11.4 Å². The Kier molecular flexibility index (Phi) is 9.68. The highest BCUT2D eigenvalue weighted by Crippen LogP contribution is 2.27. The molecule has 34 heavy (non-hydrogen) atoms. The molecule has 0 radical (unpaired) electrons. The van der Waals surface area contributed by atoms with E-state index >= 15 is 0 Å². The van der Waals surface area contributed by atoms with Gasteiger partial charge >= 0.3 is 0 Å². The molecule has 8 heteroatoms. The average Bonchev–Trinajstić information content (AvgIpc) is 2.84. The van der Waals surface area contributed by atoms with Crippen LogP contribution in [0, 0.1) is 5.92 Å². The third-order valence-electron chi connectivity index (χ3n) is 6.55. The van der Waals surface area contributed by atoms with Gasteiger partial charge in [0.15, 0.2) is 5.78 Å². The molecule has 2 unspecified atom stereocenters. The average molecular weight is 506 g/mol. The van der Waals surface area contributed by atoms with E-state index in [1.165, 1.54) is 6.07 Å². The zero-order valence-electron chi connectivity index (χ0n) is 20.3. The monoisotopic (exact) mass is 505 g/mol. The second-order valence-electron chi connectivity index (χ2n) is 8.95. The summed E-state index contributed by atoms with van der Waals surface area (Å²) in [6.45, 7) is 9.72. The Balaban J connectivity index is 1.69. The Labute approximate surface area is 209 Å². The first kappa shape index (κ1) is 26.8. The number of Topliss-reactive ketones (excluding diaryl/α,β-unsaturated/α-hetero) is 1. The zero-order valence-corrected chi connectivity index (χ0v) is 21.9. The first-order valence-corrected chi connectivity index (χ1v) is 13.9. The summed E-state index contributed by atoms with van der Waals surface area (Å²) in [5.74, 6) is 0.205. The van der Waals surface area contributed by atoms with Crippen LogP contribution in [0.25, 0.3) is 0 Å². The Morgan fingerprint density at radius 3 is 2.59 bits per heavy atom. The van der Waals surface area contributed by atoms with Crippen molar-refractivity contribution in [2.24, 2.45) is 5.92 Å². The van der Waals surface area contributed by atoms with Gasteiger partial charge < -0.3 is 5.32 Å². The molecule has 1 heterocycles. The Hall–Kier alpha value is -1.77. The van der Waals surface area contributed by atoms with Gasteiger partial charge in [0.1, 0.15) is 0 Å². The largest absolute Gasteiger partial charge is 0.308 e. The van der Waals surface area contributed by atoms with Crippen LogP contribution < -0.4 is 5.32 Å². The number of carbonyl (C=O) groups excluding carboxylic acids is 1. The molecule has 2 aromatic rings. The Bertz CT molecular complexity index is 1070. The number of nitrogens with zero attached hydrogens (tertiary/aromatic N) is 2. The highest BCUT2D eigenvalue weighted by molar-refractivity contribution is 7.89. The number of likely N-dealkylation sites (N-methyl/N-ethyl adjacent to an activating group) is 1. The van der Waals surface area contributed by atoms with E-state index in [-0.39, 0.29) is 23.3 Å². The Morgan fingerprint density at radius 1 is 1.18 bits per heavy atom. The number of hydrogen-bond acceptors (Lipinski definition) is 5. The maximum atomic E-state index is 13.1. The number of rotatable bonds is 11.